The van der Waals surface area contributed by atoms with Crippen LogP contribution in [0.25, 0.3) is 0 Å². The fraction of sp³-hybridized carbons (Fsp3) is 0.545. The van der Waals surface area contributed by atoms with Crippen LogP contribution in [0.2, 0.25) is 0 Å². The Balaban J connectivity index is 1.53. The highest BCUT2D eigenvalue weighted by Gasteiger charge is 2.09. The SMILES string of the molecule is CCNC(=NCc1cccc(Cn2ccnc2C)c1)NCCN1CCCCC1. The lowest BCUT2D eigenvalue weighted by Crippen LogP contribution is -2.42. The molecule has 1 aromatic carbocycles. The Hall–Kier alpha value is -2.34. The summed E-state index contributed by atoms with van der Waals surface area (Å²) in [6, 6.07) is 8.66. The summed E-state index contributed by atoms with van der Waals surface area (Å²) in [6.45, 7) is 11.0. The molecule has 2 N–H and O–H groups in total. The van der Waals surface area contributed by atoms with Gasteiger partial charge in [-0.15, -0.1) is 0 Å². The van der Waals surface area contributed by atoms with Crippen molar-refractivity contribution in [3.8, 4) is 0 Å². The Kier molecular flexibility index (Phi) is 7.91. The molecular formula is C22H34N6. The van der Waals surface area contributed by atoms with Gasteiger partial charge in [0.1, 0.15) is 5.82 Å². The number of nitrogens with zero attached hydrogens (tertiary/aromatic N) is 4. The molecule has 1 aliphatic rings. The maximum atomic E-state index is 4.78. The van der Waals surface area contributed by atoms with E-state index >= 15 is 0 Å². The highest BCUT2D eigenvalue weighted by molar-refractivity contribution is 5.79. The average molecular weight is 383 g/mol. The second-order valence-corrected chi connectivity index (χ2v) is 7.45. The molecule has 0 spiro atoms. The van der Waals surface area contributed by atoms with Gasteiger partial charge in [-0.05, 0) is 50.9 Å². The molecule has 2 heterocycles. The molecule has 1 saturated heterocycles. The number of aliphatic imine (C=N–C) groups is 1. The molecule has 0 bridgehead atoms. The van der Waals surface area contributed by atoms with Gasteiger partial charge in [0.15, 0.2) is 5.96 Å². The van der Waals surface area contributed by atoms with Crippen LogP contribution < -0.4 is 10.6 Å². The minimum atomic E-state index is 0.676. The number of nitrogens with one attached hydrogen (secondary N) is 2. The van der Waals surface area contributed by atoms with Gasteiger partial charge in [-0.1, -0.05) is 30.7 Å². The summed E-state index contributed by atoms with van der Waals surface area (Å²) in [7, 11) is 0. The first-order valence-corrected chi connectivity index (χ1v) is 10.5. The number of aromatic nitrogens is 2. The number of hydrogen-bond donors (Lipinski definition) is 2. The topological polar surface area (TPSA) is 57.5 Å². The summed E-state index contributed by atoms with van der Waals surface area (Å²) in [5, 5.41) is 6.84. The van der Waals surface area contributed by atoms with Gasteiger partial charge in [0, 0.05) is 38.6 Å². The third-order valence-corrected chi connectivity index (χ3v) is 5.20. The van der Waals surface area contributed by atoms with Crippen LogP contribution in [0.5, 0.6) is 0 Å². The molecule has 0 unspecified atom stereocenters. The van der Waals surface area contributed by atoms with Gasteiger partial charge in [-0.25, -0.2) is 9.98 Å². The number of aryl methyl sites for hydroxylation is 1. The van der Waals surface area contributed by atoms with Crippen molar-refractivity contribution in [2.45, 2.75) is 46.2 Å². The number of benzene rings is 1. The quantitative estimate of drug-likeness (QED) is 0.544. The van der Waals surface area contributed by atoms with Gasteiger partial charge >= 0.3 is 0 Å². The van der Waals surface area contributed by atoms with Gasteiger partial charge < -0.3 is 20.1 Å². The van der Waals surface area contributed by atoms with E-state index in [0.29, 0.717) is 6.54 Å². The summed E-state index contributed by atoms with van der Waals surface area (Å²) < 4.78 is 2.16. The third-order valence-electron chi connectivity index (χ3n) is 5.20. The zero-order chi connectivity index (χ0) is 19.6. The van der Waals surface area contributed by atoms with Crippen molar-refractivity contribution in [2.24, 2.45) is 4.99 Å². The molecule has 152 valence electrons. The molecule has 3 rings (SSSR count). The van der Waals surface area contributed by atoms with Gasteiger partial charge in [-0.3, -0.25) is 0 Å². The van der Waals surface area contributed by atoms with E-state index in [1.807, 2.05) is 19.3 Å². The smallest absolute Gasteiger partial charge is 0.191 e. The molecule has 2 aromatic rings. The first-order valence-electron chi connectivity index (χ1n) is 10.5. The van der Waals surface area contributed by atoms with Crippen LogP contribution in [0.1, 0.15) is 43.1 Å². The van der Waals surface area contributed by atoms with E-state index in [1.54, 1.807) is 0 Å². The van der Waals surface area contributed by atoms with Crippen molar-refractivity contribution in [3.05, 3.63) is 53.6 Å². The highest BCUT2D eigenvalue weighted by atomic mass is 15.2. The standard InChI is InChI=1S/C22H34N6/c1-3-23-22(25-10-14-27-12-5-4-6-13-27)26-17-20-8-7-9-21(16-20)18-28-15-11-24-19(28)2/h7-9,11,15-16H,3-6,10,12-14,17-18H2,1-2H3,(H2,23,25,26). The number of hydrogen-bond acceptors (Lipinski definition) is 3. The van der Waals surface area contributed by atoms with E-state index < -0.39 is 0 Å². The Morgan fingerprint density at radius 1 is 1.14 bits per heavy atom. The number of rotatable bonds is 8. The molecule has 1 fully saturated rings. The summed E-state index contributed by atoms with van der Waals surface area (Å²) in [4.78, 5) is 11.6. The Bertz CT molecular complexity index is 745. The number of guanidine groups is 1. The van der Waals surface area contributed by atoms with Gasteiger partial charge in [0.05, 0.1) is 6.54 Å². The predicted molar refractivity (Wildman–Crippen MR) is 116 cm³/mol. The molecule has 0 aliphatic carbocycles. The summed E-state index contributed by atoms with van der Waals surface area (Å²) >= 11 is 0. The van der Waals surface area contributed by atoms with Crippen LogP contribution in [0.4, 0.5) is 0 Å². The molecule has 6 nitrogen and oxygen atoms in total. The average Bonchev–Trinajstić information content (AvgIpc) is 3.12. The number of imidazole rings is 1. The van der Waals surface area contributed by atoms with E-state index in [4.69, 9.17) is 4.99 Å². The molecule has 1 aromatic heterocycles. The number of likely N-dealkylation sites (tertiary alicyclic amines) is 1. The van der Waals surface area contributed by atoms with Gasteiger partial charge in [-0.2, -0.15) is 0 Å². The highest BCUT2D eigenvalue weighted by Crippen LogP contribution is 2.10. The zero-order valence-corrected chi connectivity index (χ0v) is 17.3. The van der Waals surface area contributed by atoms with Crippen molar-refractivity contribution < 1.29 is 0 Å². The zero-order valence-electron chi connectivity index (χ0n) is 17.3. The third kappa shape index (κ3) is 6.37. The lowest BCUT2D eigenvalue weighted by atomic mass is 10.1. The Morgan fingerprint density at radius 2 is 1.96 bits per heavy atom. The minimum Gasteiger partial charge on any atom is -0.357 e. The summed E-state index contributed by atoms with van der Waals surface area (Å²) in [5.41, 5.74) is 2.50. The van der Waals surface area contributed by atoms with Crippen LogP contribution in [0.3, 0.4) is 0 Å². The van der Waals surface area contributed by atoms with Crippen LogP contribution in [-0.2, 0) is 13.1 Å². The first-order chi connectivity index (χ1) is 13.7. The predicted octanol–water partition coefficient (Wildman–Crippen LogP) is 2.78. The number of piperidine rings is 1. The van der Waals surface area contributed by atoms with Crippen LogP contribution in [0, 0.1) is 6.92 Å². The largest absolute Gasteiger partial charge is 0.357 e. The van der Waals surface area contributed by atoms with E-state index in [1.165, 1.54) is 43.5 Å². The van der Waals surface area contributed by atoms with Crippen LogP contribution >= 0.6 is 0 Å². The lowest BCUT2D eigenvalue weighted by molar-refractivity contribution is 0.232. The summed E-state index contributed by atoms with van der Waals surface area (Å²) in [6.07, 6.45) is 7.93. The molecule has 1 aliphatic heterocycles. The monoisotopic (exact) mass is 382 g/mol. The second-order valence-electron chi connectivity index (χ2n) is 7.45. The maximum absolute atomic E-state index is 4.78. The Morgan fingerprint density at radius 3 is 2.71 bits per heavy atom. The van der Waals surface area contributed by atoms with Crippen molar-refractivity contribution in [3.63, 3.8) is 0 Å². The molecule has 6 heteroatoms. The van der Waals surface area contributed by atoms with Crippen LogP contribution in [0.15, 0.2) is 41.7 Å². The van der Waals surface area contributed by atoms with Crippen molar-refractivity contribution >= 4 is 5.96 Å². The molecule has 0 atom stereocenters. The van der Waals surface area contributed by atoms with Gasteiger partial charge in [0.2, 0.25) is 0 Å². The second kappa shape index (κ2) is 10.9. The summed E-state index contributed by atoms with van der Waals surface area (Å²) in [5.74, 6) is 1.94. The Labute approximate surface area is 169 Å². The molecule has 0 amide bonds. The molecule has 0 saturated carbocycles. The van der Waals surface area contributed by atoms with Crippen molar-refractivity contribution in [1.82, 2.24) is 25.1 Å². The van der Waals surface area contributed by atoms with Crippen molar-refractivity contribution in [2.75, 3.05) is 32.7 Å². The minimum absolute atomic E-state index is 0.676. The van der Waals surface area contributed by atoms with E-state index in [2.05, 4.69) is 56.3 Å². The fourth-order valence-corrected chi connectivity index (χ4v) is 3.62. The van der Waals surface area contributed by atoms with Crippen LogP contribution in [-0.4, -0.2) is 53.1 Å². The van der Waals surface area contributed by atoms with E-state index in [-0.39, 0.29) is 0 Å². The van der Waals surface area contributed by atoms with Crippen molar-refractivity contribution in [1.29, 1.82) is 0 Å². The fourth-order valence-electron chi connectivity index (χ4n) is 3.62. The lowest BCUT2D eigenvalue weighted by Gasteiger charge is -2.26. The van der Waals surface area contributed by atoms with E-state index in [0.717, 1.165) is 38.0 Å². The normalized spacial score (nSPS) is 15.6. The maximum Gasteiger partial charge on any atom is 0.191 e. The molecular weight excluding hydrogens is 348 g/mol. The molecule has 0 radical (unpaired) electrons. The first kappa shape index (κ1) is 20.4. The van der Waals surface area contributed by atoms with E-state index in [9.17, 15) is 0 Å². The van der Waals surface area contributed by atoms with Gasteiger partial charge in [0.25, 0.3) is 0 Å². The molecule has 28 heavy (non-hydrogen) atoms.